The van der Waals surface area contributed by atoms with Gasteiger partial charge in [-0.15, -0.1) is 10.2 Å². The van der Waals surface area contributed by atoms with Crippen LogP contribution in [0.25, 0.3) is 17.1 Å². The number of benzene rings is 2. The summed E-state index contributed by atoms with van der Waals surface area (Å²) in [7, 11) is 0. The van der Waals surface area contributed by atoms with E-state index in [9.17, 15) is 9.59 Å². The zero-order chi connectivity index (χ0) is 19.2. The van der Waals surface area contributed by atoms with Crippen molar-refractivity contribution in [3.05, 3.63) is 60.2 Å². The Morgan fingerprint density at radius 2 is 1.81 bits per heavy atom. The van der Waals surface area contributed by atoms with Gasteiger partial charge in [0.05, 0.1) is 5.75 Å². The van der Waals surface area contributed by atoms with E-state index in [1.807, 2.05) is 66.1 Å². The summed E-state index contributed by atoms with van der Waals surface area (Å²) in [5.74, 6) is 0.141. The van der Waals surface area contributed by atoms with Crippen molar-refractivity contribution in [2.24, 2.45) is 0 Å². The lowest BCUT2D eigenvalue weighted by atomic mass is 10.2. The molecule has 0 saturated carbocycles. The zero-order valence-corrected chi connectivity index (χ0v) is 15.8. The highest BCUT2D eigenvalue weighted by Gasteiger charge is 2.17. The molecule has 0 bridgehead atoms. The number of amides is 2. The molecule has 27 heavy (non-hydrogen) atoms. The van der Waals surface area contributed by atoms with Gasteiger partial charge in [-0.05, 0) is 24.6 Å². The minimum atomic E-state index is -0.331. The second-order valence-electron chi connectivity index (χ2n) is 5.86. The standard InChI is InChI=1S/C19H19N5O2S/c1-13-7-6-10-16(11-13)24-18(15-8-4-3-5-9-15)22-23-19(24)27-12-17(26)21-20-14(2)25/h3-11H,12H2,1-2H3,(H,20,25)(H,21,26). The van der Waals surface area contributed by atoms with Crippen molar-refractivity contribution in [1.29, 1.82) is 0 Å². The Kier molecular flexibility index (Phi) is 5.87. The van der Waals surface area contributed by atoms with Crippen molar-refractivity contribution in [3.63, 3.8) is 0 Å². The first-order valence-electron chi connectivity index (χ1n) is 8.30. The van der Waals surface area contributed by atoms with E-state index in [1.165, 1.54) is 18.7 Å². The number of carbonyl (C=O) groups is 2. The number of aromatic nitrogens is 3. The van der Waals surface area contributed by atoms with Crippen molar-refractivity contribution in [3.8, 4) is 17.1 Å². The van der Waals surface area contributed by atoms with Crippen LogP contribution in [0, 0.1) is 6.92 Å². The van der Waals surface area contributed by atoms with Gasteiger partial charge < -0.3 is 0 Å². The monoisotopic (exact) mass is 381 g/mol. The van der Waals surface area contributed by atoms with E-state index >= 15 is 0 Å². The molecule has 0 unspecified atom stereocenters. The summed E-state index contributed by atoms with van der Waals surface area (Å²) in [4.78, 5) is 22.8. The topological polar surface area (TPSA) is 88.9 Å². The van der Waals surface area contributed by atoms with Crippen molar-refractivity contribution in [2.45, 2.75) is 19.0 Å². The number of nitrogens with one attached hydrogen (secondary N) is 2. The summed E-state index contributed by atoms with van der Waals surface area (Å²) in [6.07, 6.45) is 0. The van der Waals surface area contributed by atoms with Gasteiger partial charge in [0.25, 0.3) is 0 Å². The van der Waals surface area contributed by atoms with Crippen LogP contribution in [0.5, 0.6) is 0 Å². The molecule has 0 saturated heterocycles. The Balaban J connectivity index is 1.91. The maximum absolute atomic E-state index is 11.9. The number of carbonyl (C=O) groups excluding carboxylic acids is 2. The van der Waals surface area contributed by atoms with E-state index in [2.05, 4.69) is 21.0 Å². The van der Waals surface area contributed by atoms with Crippen molar-refractivity contribution in [1.82, 2.24) is 25.6 Å². The second-order valence-corrected chi connectivity index (χ2v) is 6.81. The predicted molar refractivity (Wildman–Crippen MR) is 104 cm³/mol. The van der Waals surface area contributed by atoms with Crippen LogP contribution < -0.4 is 10.9 Å². The van der Waals surface area contributed by atoms with Crippen molar-refractivity contribution < 1.29 is 9.59 Å². The van der Waals surface area contributed by atoms with Crippen LogP contribution in [0.3, 0.4) is 0 Å². The Morgan fingerprint density at radius 1 is 1.04 bits per heavy atom. The van der Waals surface area contributed by atoms with Gasteiger partial charge in [-0.3, -0.25) is 25.0 Å². The molecule has 0 aliphatic heterocycles. The van der Waals surface area contributed by atoms with Crippen molar-refractivity contribution in [2.75, 3.05) is 5.75 Å². The molecule has 0 aliphatic carbocycles. The maximum Gasteiger partial charge on any atom is 0.248 e. The normalized spacial score (nSPS) is 10.4. The molecule has 3 rings (SSSR count). The smallest absolute Gasteiger partial charge is 0.248 e. The Hall–Kier alpha value is -3.13. The lowest BCUT2D eigenvalue weighted by Gasteiger charge is -2.11. The summed E-state index contributed by atoms with van der Waals surface area (Å²) < 4.78 is 1.93. The molecule has 3 aromatic rings. The maximum atomic E-state index is 11.9. The van der Waals surface area contributed by atoms with Crippen LogP contribution in [-0.2, 0) is 9.59 Å². The minimum Gasteiger partial charge on any atom is -0.274 e. The van der Waals surface area contributed by atoms with Gasteiger partial charge >= 0.3 is 0 Å². The van der Waals surface area contributed by atoms with E-state index in [1.54, 1.807) is 0 Å². The number of aryl methyl sites for hydroxylation is 1. The summed E-state index contributed by atoms with van der Waals surface area (Å²) in [6, 6.07) is 17.8. The molecule has 7 nitrogen and oxygen atoms in total. The molecule has 2 N–H and O–H groups in total. The summed E-state index contributed by atoms with van der Waals surface area (Å²) in [5.41, 5.74) is 7.58. The SMILES string of the molecule is CC(=O)NNC(=O)CSc1nnc(-c2ccccc2)n1-c1cccc(C)c1. The number of hydrazine groups is 1. The lowest BCUT2D eigenvalue weighted by Crippen LogP contribution is -2.41. The third kappa shape index (κ3) is 4.73. The first-order valence-corrected chi connectivity index (χ1v) is 9.29. The number of thioether (sulfide) groups is 1. The Labute approximate surface area is 161 Å². The van der Waals surface area contributed by atoms with Gasteiger partial charge in [0, 0.05) is 18.2 Å². The summed E-state index contributed by atoms with van der Waals surface area (Å²) in [5, 5.41) is 9.20. The van der Waals surface area contributed by atoms with Gasteiger partial charge in [0.15, 0.2) is 11.0 Å². The molecule has 0 aliphatic rings. The highest BCUT2D eigenvalue weighted by molar-refractivity contribution is 7.99. The van der Waals surface area contributed by atoms with Crippen LogP contribution in [0.4, 0.5) is 0 Å². The first-order chi connectivity index (χ1) is 13.0. The third-order valence-corrected chi connectivity index (χ3v) is 4.56. The molecule has 2 aromatic carbocycles. The Bertz CT molecular complexity index is 956. The van der Waals surface area contributed by atoms with E-state index in [4.69, 9.17) is 0 Å². The molecule has 138 valence electrons. The molecule has 2 amide bonds. The largest absolute Gasteiger partial charge is 0.274 e. The van der Waals surface area contributed by atoms with Crippen molar-refractivity contribution >= 4 is 23.6 Å². The quantitative estimate of drug-likeness (QED) is 0.524. The Morgan fingerprint density at radius 3 is 2.52 bits per heavy atom. The third-order valence-electron chi connectivity index (χ3n) is 3.64. The average Bonchev–Trinajstić information content (AvgIpc) is 3.09. The van der Waals surface area contributed by atoms with E-state index in [-0.39, 0.29) is 17.6 Å². The minimum absolute atomic E-state index is 0.0962. The van der Waals surface area contributed by atoms with Gasteiger partial charge in [0.1, 0.15) is 0 Å². The molecule has 8 heteroatoms. The molecule has 0 atom stereocenters. The fraction of sp³-hybridized carbons (Fsp3) is 0.158. The fourth-order valence-electron chi connectivity index (χ4n) is 2.46. The second kappa shape index (κ2) is 8.50. The number of hydrogen-bond acceptors (Lipinski definition) is 5. The number of nitrogens with zero attached hydrogens (tertiary/aromatic N) is 3. The molecule has 1 aromatic heterocycles. The highest BCUT2D eigenvalue weighted by atomic mass is 32.2. The highest BCUT2D eigenvalue weighted by Crippen LogP contribution is 2.28. The zero-order valence-electron chi connectivity index (χ0n) is 15.0. The van der Waals surface area contributed by atoms with Crippen LogP contribution in [0.1, 0.15) is 12.5 Å². The molecular weight excluding hydrogens is 362 g/mol. The molecule has 0 radical (unpaired) electrons. The molecule has 0 spiro atoms. The van der Waals surface area contributed by atoms with Crippen LogP contribution in [-0.4, -0.2) is 32.3 Å². The number of hydrogen-bond donors (Lipinski definition) is 2. The van der Waals surface area contributed by atoms with Gasteiger partial charge in [0.2, 0.25) is 11.8 Å². The average molecular weight is 381 g/mol. The van der Waals surface area contributed by atoms with Crippen LogP contribution in [0.2, 0.25) is 0 Å². The predicted octanol–water partition coefficient (Wildman–Crippen LogP) is 2.50. The van der Waals surface area contributed by atoms with Crippen LogP contribution >= 0.6 is 11.8 Å². The van der Waals surface area contributed by atoms with E-state index < -0.39 is 0 Å². The van der Waals surface area contributed by atoms with E-state index in [0.717, 1.165) is 16.8 Å². The first kappa shape index (κ1) is 18.7. The van der Waals surface area contributed by atoms with Crippen LogP contribution in [0.15, 0.2) is 59.8 Å². The van der Waals surface area contributed by atoms with E-state index in [0.29, 0.717) is 11.0 Å². The number of rotatable bonds is 5. The fourth-order valence-corrected chi connectivity index (χ4v) is 3.21. The molecule has 1 heterocycles. The van der Waals surface area contributed by atoms with Gasteiger partial charge in [-0.2, -0.15) is 0 Å². The summed E-state index contributed by atoms with van der Waals surface area (Å²) in [6.45, 7) is 3.34. The lowest BCUT2D eigenvalue weighted by molar-refractivity contribution is -0.126. The molecule has 0 fully saturated rings. The van der Waals surface area contributed by atoms with Gasteiger partial charge in [-0.1, -0.05) is 54.2 Å². The summed E-state index contributed by atoms with van der Waals surface area (Å²) >= 11 is 1.25. The van der Waals surface area contributed by atoms with Gasteiger partial charge in [-0.25, -0.2) is 0 Å². The molecular formula is C19H19N5O2S.